The van der Waals surface area contributed by atoms with Crippen LogP contribution in [0.25, 0.3) is 0 Å². The van der Waals surface area contributed by atoms with Crippen LogP contribution in [-0.4, -0.2) is 97.8 Å². The Kier molecular flexibility index (Phi) is 19.5. The Morgan fingerprint density at radius 1 is 0.262 bits per heavy atom. The van der Waals surface area contributed by atoms with E-state index in [0.717, 1.165) is 32.7 Å². The van der Waals surface area contributed by atoms with Gasteiger partial charge in [0.05, 0.1) is 78.1 Å². The van der Waals surface area contributed by atoms with Crippen LogP contribution in [-0.2, 0) is 28.4 Å². The number of nitrogen functional groups attached to an aromatic ring is 4. The molecule has 27 nitrogen and oxygen atoms in total. The summed E-state index contributed by atoms with van der Waals surface area (Å²) >= 11 is 0. The molecule has 0 fully saturated rings. The maximum atomic E-state index is 13.3. The zero-order valence-corrected chi connectivity index (χ0v) is 53.4. The highest BCUT2D eigenvalue weighted by molar-refractivity contribution is 6.35. The lowest BCUT2D eigenvalue weighted by atomic mass is 10.1. The molecule has 0 spiro atoms. The smallest absolute Gasteiger partial charge is 0.346 e. The predicted molar refractivity (Wildman–Crippen MR) is 365 cm³/mol. The van der Waals surface area contributed by atoms with Crippen LogP contribution in [0.1, 0.15) is 124 Å². The molecule has 10 aromatic carbocycles. The van der Waals surface area contributed by atoms with E-state index in [1.807, 2.05) is 24.3 Å². The average molecular weight is 1390 g/mol. The first-order valence-corrected chi connectivity index (χ1v) is 30.8. The minimum Gasteiger partial charge on any atom is -0.458 e. The normalized spacial score (nSPS) is 12.8. The van der Waals surface area contributed by atoms with E-state index in [2.05, 4.69) is 9.47 Å². The van der Waals surface area contributed by atoms with Crippen LogP contribution in [0.4, 0.5) is 34.1 Å². The van der Waals surface area contributed by atoms with Gasteiger partial charge in [0, 0.05) is 22.7 Å². The molecule has 14 rings (SSSR count). The molecule has 4 heterocycles. The number of carbonyl (C=O) groups excluding carboxylic acids is 12. The Morgan fingerprint density at radius 2 is 0.476 bits per heavy atom. The number of amides is 4. The van der Waals surface area contributed by atoms with Gasteiger partial charge in [-0.05, 0) is 218 Å². The minimum atomic E-state index is -0.849. The molecule has 103 heavy (non-hydrogen) atoms. The van der Waals surface area contributed by atoms with Gasteiger partial charge < -0.3 is 65.6 Å². The van der Waals surface area contributed by atoms with Crippen molar-refractivity contribution in [2.75, 3.05) is 59.2 Å². The number of ether oxygens (including phenoxy) is 9. The van der Waals surface area contributed by atoms with Crippen LogP contribution in [0.2, 0.25) is 0 Å². The number of nitrogens with two attached hydrogens (primary N) is 4. The summed E-state index contributed by atoms with van der Waals surface area (Å²) in [7, 11) is 0. The van der Waals surface area contributed by atoms with Gasteiger partial charge in [-0.25, -0.2) is 48.2 Å². The number of nitrogens with zero attached hydrogens (tertiary/aromatic N) is 2. The first-order valence-electron chi connectivity index (χ1n) is 30.8. The summed E-state index contributed by atoms with van der Waals surface area (Å²) in [6, 6.07) is 56.4. The molecule has 0 atom stereocenters. The Morgan fingerprint density at radius 3 is 0.738 bits per heavy atom. The van der Waals surface area contributed by atoms with E-state index < -0.39 is 71.4 Å². The number of imide groups is 2. The lowest BCUT2D eigenvalue weighted by molar-refractivity contribution is 0.0265. The van der Waals surface area contributed by atoms with Crippen molar-refractivity contribution in [3.05, 3.63) is 285 Å². The van der Waals surface area contributed by atoms with Crippen molar-refractivity contribution in [1.82, 2.24) is 0 Å². The molecule has 0 saturated heterocycles. The third-order valence-electron chi connectivity index (χ3n) is 15.5. The van der Waals surface area contributed by atoms with Crippen molar-refractivity contribution < 1.29 is 100 Å². The van der Waals surface area contributed by atoms with Gasteiger partial charge in [-0.15, -0.1) is 0 Å². The molecule has 0 radical (unpaired) electrons. The molecule has 8 N–H and O–H groups in total. The Bertz CT molecular complexity index is 4800. The van der Waals surface area contributed by atoms with E-state index in [-0.39, 0.29) is 93.2 Å². The molecule has 27 heteroatoms. The molecule has 4 aliphatic rings. The zero-order valence-electron chi connectivity index (χ0n) is 53.4. The lowest BCUT2D eigenvalue weighted by Gasteiger charge is -2.14. The number of rotatable bonds is 18. The SMILES string of the molecule is Nc1ccc(Oc2ccc(N)cc2)cc1.Nc1ccc(Oc2ccc(N3C(=O)c4ccc(C(=O)OCCOC(=O)c5ccc6c(c5)C(=O)N(c5ccc(Oc7ccc(N)cc7)cc5)C6=O)cc4C3=O)cc2)cc1.O=C(OCCOC(=O)c1ccc2c(c1)C(=O)OC2=O)c1ccc2c(c1)C(=O)OC2=O. The van der Waals surface area contributed by atoms with E-state index in [1.165, 1.54) is 72.8 Å². The molecule has 0 aromatic heterocycles. The summed E-state index contributed by atoms with van der Waals surface area (Å²) in [6.07, 6.45) is 0. The predicted octanol–water partition coefficient (Wildman–Crippen LogP) is 11.0. The van der Waals surface area contributed by atoms with E-state index >= 15 is 0 Å². The van der Waals surface area contributed by atoms with Gasteiger partial charge in [0.15, 0.2) is 0 Å². The van der Waals surface area contributed by atoms with Crippen molar-refractivity contribution in [2.45, 2.75) is 0 Å². The fourth-order valence-corrected chi connectivity index (χ4v) is 10.4. The Hall–Kier alpha value is -14.8. The maximum absolute atomic E-state index is 13.3. The lowest BCUT2D eigenvalue weighted by Crippen LogP contribution is -2.29. The third-order valence-corrected chi connectivity index (χ3v) is 15.5. The van der Waals surface area contributed by atoms with Crippen LogP contribution < -0.4 is 46.9 Å². The summed E-state index contributed by atoms with van der Waals surface area (Å²) in [5.41, 5.74) is 26.2. The first-order chi connectivity index (χ1) is 49.6. The highest BCUT2D eigenvalue weighted by Gasteiger charge is 2.39. The standard InChI is InChI=1S/C44H30N4O10.C20H10O10.C12H12N2O/c45-27-3-11-31(12-4-27)57-33-15-7-29(8-16-33)47-39(49)35-19-1-25(23-37(35)41(47)51)43(53)55-21-22-56-44(54)26-2-20-36-38(24-26)42(52)48(40(36)50)30-9-17-34(18-10-30)58-32-13-5-28(46)6-14-32;21-15(9-1-3-11-13(7-9)19(25)29-17(11)23)27-5-6-28-16(22)10-2-4-12-14(8-10)20(26)30-18(12)24;13-9-1-5-11(6-2-9)15-12-7-3-10(14)4-8-12/h1-20,23-24H,21-22,45-46H2;1-4,7-8H,5-6H2;1-8H,13-14H2. The zero-order chi connectivity index (χ0) is 72.6. The summed E-state index contributed by atoms with van der Waals surface area (Å²) < 4.78 is 46.5. The summed E-state index contributed by atoms with van der Waals surface area (Å²) in [5.74, 6) is -5.23. The topological polar surface area (TPSA) is 398 Å². The maximum Gasteiger partial charge on any atom is 0.346 e. The van der Waals surface area contributed by atoms with E-state index in [4.69, 9.17) is 56.1 Å². The number of anilines is 6. The van der Waals surface area contributed by atoms with Crippen LogP contribution in [0.3, 0.4) is 0 Å². The van der Waals surface area contributed by atoms with E-state index in [9.17, 15) is 57.5 Å². The second-order valence-electron chi connectivity index (χ2n) is 22.4. The molecule has 0 saturated carbocycles. The quantitative estimate of drug-likeness (QED) is 0.0155. The van der Waals surface area contributed by atoms with Crippen LogP contribution in [0.15, 0.2) is 218 Å². The molecule has 0 aliphatic carbocycles. The average Bonchev–Trinajstić information content (AvgIpc) is 1.62. The second kappa shape index (κ2) is 29.5. The molecule has 10 aromatic rings. The molecule has 4 aliphatic heterocycles. The number of cyclic esters (lactones) is 4. The largest absolute Gasteiger partial charge is 0.458 e. The number of esters is 8. The highest BCUT2D eigenvalue weighted by Crippen LogP contribution is 2.35. The molecule has 0 unspecified atom stereocenters. The Balaban J connectivity index is 0.000000182. The minimum absolute atomic E-state index is 0.00986. The fourth-order valence-electron chi connectivity index (χ4n) is 10.4. The second-order valence-corrected chi connectivity index (χ2v) is 22.4. The van der Waals surface area contributed by atoms with Crippen molar-refractivity contribution in [3.8, 4) is 34.5 Å². The van der Waals surface area contributed by atoms with Crippen LogP contribution >= 0.6 is 0 Å². The molecule has 0 bridgehead atoms. The molecular formula is C76H52N6O21. The first kappa shape index (κ1) is 68.2. The third kappa shape index (κ3) is 15.3. The molecular weight excluding hydrogens is 1330 g/mol. The van der Waals surface area contributed by atoms with Gasteiger partial charge in [0.25, 0.3) is 23.6 Å². The van der Waals surface area contributed by atoms with Crippen LogP contribution in [0, 0.1) is 0 Å². The van der Waals surface area contributed by atoms with Crippen molar-refractivity contribution in [2.24, 2.45) is 0 Å². The number of carbonyl (C=O) groups is 12. The number of benzene rings is 10. The van der Waals surface area contributed by atoms with Gasteiger partial charge in [-0.1, -0.05) is 0 Å². The number of hydrogen-bond donors (Lipinski definition) is 4. The monoisotopic (exact) mass is 1380 g/mol. The molecule has 512 valence electrons. The number of hydrogen-bond acceptors (Lipinski definition) is 25. The summed E-state index contributed by atoms with van der Waals surface area (Å²) in [6.45, 7) is -1.23. The van der Waals surface area contributed by atoms with E-state index in [0.29, 0.717) is 45.7 Å². The van der Waals surface area contributed by atoms with Gasteiger partial charge in [0.2, 0.25) is 0 Å². The van der Waals surface area contributed by atoms with Crippen molar-refractivity contribution >= 4 is 106 Å². The van der Waals surface area contributed by atoms with Gasteiger partial charge in [0.1, 0.15) is 60.9 Å². The summed E-state index contributed by atoms with van der Waals surface area (Å²) in [4.78, 5) is 151. The number of fused-ring (bicyclic) bond motifs is 4. The van der Waals surface area contributed by atoms with Crippen LogP contribution in [0.5, 0.6) is 34.5 Å². The summed E-state index contributed by atoms with van der Waals surface area (Å²) in [5, 5.41) is 0. The van der Waals surface area contributed by atoms with Gasteiger partial charge >= 0.3 is 47.8 Å². The highest BCUT2D eigenvalue weighted by atomic mass is 16.6. The molecule has 4 amide bonds. The van der Waals surface area contributed by atoms with Crippen molar-refractivity contribution in [1.29, 1.82) is 0 Å². The Labute approximate surface area is 582 Å². The van der Waals surface area contributed by atoms with E-state index in [1.54, 1.807) is 121 Å². The van der Waals surface area contributed by atoms with Gasteiger partial charge in [-0.3, -0.25) is 19.2 Å². The fraction of sp³-hybridized carbons (Fsp3) is 0.0526. The van der Waals surface area contributed by atoms with Gasteiger partial charge in [-0.2, -0.15) is 0 Å². The van der Waals surface area contributed by atoms with Crippen molar-refractivity contribution in [3.63, 3.8) is 0 Å².